The van der Waals surface area contributed by atoms with Crippen LogP contribution in [0, 0.1) is 5.41 Å². The van der Waals surface area contributed by atoms with Crippen LogP contribution in [-0.4, -0.2) is 45.1 Å². The van der Waals surface area contributed by atoms with Crippen molar-refractivity contribution in [2.24, 2.45) is 10.4 Å². The topological polar surface area (TPSA) is 52.8 Å². The Morgan fingerprint density at radius 1 is 1.35 bits per heavy atom. The summed E-state index contributed by atoms with van der Waals surface area (Å²) in [6.07, 6.45) is 8.36. The van der Waals surface area contributed by atoms with E-state index in [1.165, 1.54) is 32.1 Å². The summed E-state index contributed by atoms with van der Waals surface area (Å²) in [6, 6.07) is 4.15. The van der Waals surface area contributed by atoms with Crippen LogP contribution in [0.3, 0.4) is 0 Å². The first kappa shape index (κ1) is 17.9. The Labute approximate surface area is 140 Å². The van der Waals surface area contributed by atoms with Gasteiger partial charge < -0.3 is 15.1 Å². The average molecular weight is 320 g/mol. The monoisotopic (exact) mass is 320 g/mol. The molecule has 0 bridgehead atoms. The molecule has 0 aliphatic heterocycles. The first-order valence-corrected chi connectivity index (χ1v) is 8.74. The van der Waals surface area contributed by atoms with Gasteiger partial charge >= 0.3 is 0 Å². The summed E-state index contributed by atoms with van der Waals surface area (Å²) >= 11 is 0. The standard InChI is InChI=1S/C18H32N4O/c1-5-18(10-6-7-11-18)14-21-17(19-2)20-13-15(22(3)4)16-9-8-12-23-16/h8-9,12,15H,5-7,10-11,13-14H2,1-4H3,(H2,19,20,21). The van der Waals surface area contributed by atoms with Gasteiger partial charge in [0.1, 0.15) is 5.76 Å². The minimum atomic E-state index is 0.190. The molecular weight excluding hydrogens is 288 g/mol. The van der Waals surface area contributed by atoms with E-state index in [1.54, 1.807) is 6.26 Å². The smallest absolute Gasteiger partial charge is 0.191 e. The third kappa shape index (κ3) is 4.74. The van der Waals surface area contributed by atoms with Crippen molar-refractivity contribution < 1.29 is 4.42 Å². The van der Waals surface area contributed by atoms with Crippen LogP contribution >= 0.6 is 0 Å². The number of furan rings is 1. The lowest BCUT2D eigenvalue weighted by molar-refractivity contribution is 0.256. The molecule has 2 N–H and O–H groups in total. The van der Waals surface area contributed by atoms with E-state index in [4.69, 9.17) is 4.42 Å². The lowest BCUT2D eigenvalue weighted by Crippen LogP contribution is -2.45. The van der Waals surface area contributed by atoms with Crippen LogP contribution in [0.25, 0.3) is 0 Å². The Balaban J connectivity index is 1.87. The molecule has 5 heteroatoms. The maximum atomic E-state index is 5.56. The summed E-state index contributed by atoms with van der Waals surface area (Å²) in [5.41, 5.74) is 0.458. The third-order valence-corrected chi connectivity index (χ3v) is 5.23. The number of aliphatic imine (C=N–C) groups is 1. The van der Waals surface area contributed by atoms with Gasteiger partial charge in [-0.25, -0.2) is 0 Å². The van der Waals surface area contributed by atoms with Gasteiger partial charge in [-0.3, -0.25) is 9.89 Å². The van der Waals surface area contributed by atoms with Crippen LogP contribution < -0.4 is 10.6 Å². The van der Waals surface area contributed by atoms with Gasteiger partial charge in [0.2, 0.25) is 0 Å². The van der Waals surface area contributed by atoms with Crippen molar-refractivity contribution in [2.75, 3.05) is 34.2 Å². The molecule has 130 valence electrons. The molecule has 2 rings (SSSR count). The SMILES string of the molecule is CCC1(CNC(=NC)NCC(c2ccco2)N(C)C)CCCC1. The molecular formula is C18H32N4O. The van der Waals surface area contributed by atoms with Crippen LogP contribution in [0.1, 0.15) is 50.8 Å². The van der Waals surface area contributed by atoms with Crippen molar-refractivity contribution in [1.29, 1.82) is 0 Å². The summed E-state index contributed by atoms with van der Waals surface area (Å²) in [4.78, 5) is 6.53. The lowest BCUT2D eigenvalue weighted by atomic mass is 9.83. The lowest BCUT2D eigenvalue weighted by Gasteiger charge is -2.29. The zero-order valence-corrected chi connectivity index (χ0v) is 15.1. The average Bonchev–Trinajstić information content (AvgIpc) is 3.22. The maximum Gasteiger partial charge on any atom is 0.191 e. The number of nitrogens with zero attached hydrogens (tertiary/aromatic N) is 2. The van der Waals surface area contributed by atoms with Gasteiger partial charge in [-0.2, -0.15) is 0 Å². The van der Waals surface area contributed by atoms with E-state index in [-0.39, 0.29) is 6.04 Å². The van der Waals surface area contributed by atoms with Gasteiger partial charge in [-0.15, -0.1) is 0 Å². The Bertz CT molecular complexity index is 475. The van der Waals surface area contributed by atoms with Crippen LogP contribution in [0.5, 0.6) is 0 Å². The fraction of sp³-hybridized carbons (Fsp3) is 0.722. The molecule has 1 aromatic rings. The predicted octanol–water partition coefficient (Wildman–Crippen LogP) is 3.02. The van der Waals surface area contributed by atoms with E-state index >= 15 is 0 Å². The number of guanidine groups is 1. The number of nitrogens with one attached hydrogen (secondary N) is 2. The third-order valence-electron chi connectivity index (χ3n) is 5.23. The van der Waals surface area contributed by atoms with Crippen molar-refractivity contribution in [1.82, 2.24) is 15.5 Å². The number of hydrogen-bond donors (Lipinski definition) is 2. The summed E-state index contributed by atoms with van der Waals surface area (Å²) < 4.78 is 5.56. The molecule has 1 heterocycles. The van der Waals surface area contributed by atoms with Crippen LogP contribution in [-0.2, 0) is 0 Å². The van der Waals surface area contributed by atoms with E-state index in [2.05, 4.69) is 41.5 Å². The molecule has 0 aromatic carbocycles. The van der Waals surface area contributed by atoms with Crippen LogP contribution in [0.15, 0.2) is 27.8 Å². The quantitative estimate of drug-likeness (QED) is 0.599. The minimum Gasteiger partial charge on any atom is -0.468 e. The molecule has 1 fully saturated rings. The first-order valence-electron chi connectivity index (χ1n) is 8.74. The normalized spacial score (nSPS) is 19.1. The Hall–Kier alpha value is -1.49. The maximum absolute atomic E-state index is 5.56. The number of rotatable bonds is 7. The molecule has 0 radical (unpaired) electrons. The van der Waals surface area contributed by atoms with Crippen molar-refractivity contribution in [3.8, 4) is 0 Å². The molecule has 1 unspecified atom stereocenters. The van der Waals surface area contributed by atoms with Gasteiger partial charge in [0.25, 0.3) is 0 Å². The Kier molecular flexibility index (Phi) is 6.51. The summed E-state index contributed by atoms with van der Waals surface area (Å²) in [6.45, 7) is 4.08. The summed E-state index contributed by atoms with van der Waals surface area (Å²) in [7, 11) is 5.96. The van der Waals surface area contributed by atoms with E-state index in [0.29, 0.717) is 5.41 Å². The van der Waals surface area contributed by atoms with Gasteiger partial charge in [-0.1, -0.05) is 19.8 Å². The highest BCUT2D eigenvalue weighted by Crippen LogP contribution is 2.40. The number of hydrogen-bond acceptors (Lipinski definition) is 3. The fourth-order valence-corrected chi connectivity index (χ4v) is 3.48. The highest BCUT2D eigenvalue weighted by molar-refractivity contribution is 5.79. The fourth-order valence-electron chi connectivity index (χ4n) is 3.48. The molecule has 5 nitrogen and oxygen atoms in total. The molecule has 23 heavy (non-hydrogen) atoms. The van der Waals surface area contributed by atoms with Gasteiger partial charge in [0.05, 0.1) is 12.3 Å². The summed E-state index contributed by atoms with van der Waals surface area (Å²) in [5, 5.41) is 6.97. The van der Waals surface area contributed by atoms with Gasteiger partial charge in [0.15, 0.2) is 5.96 Å². The highest BCUT2D eigenvalue weighted by Gasteiger charge is 2.32. The molecule has 1 saturated carbocycles. The summed E-state index contributed by atoms with van der Waals surface area (Å²) in [5.74, 6) is 1.85. The van der Waals surface area contributed by atoms with E-state index < -0.39 is 0 Å². The highest BCUT2D eigenvalue weighted by atomic mass is 16.3. The zero-order chi connectivity index (χ0) is 16.7. The van der Waals surface area contributed by atoms with E-state index in [9.17, 15) is 0 Å². The van der Waals surface area contributed by atoms with Crippen molar-refractivity contribution >= 4 is 5.96 Å². The molecule has 1 aliphatic carbocycles. The van der Waals surface area contributed by atoms with Crippen LogP contribution in [0.2, 0.25) is 0 Å². The molecule has 0 spiro atoms. The van der Waals surface area contributed by atoms with Crippen molar-refractivity contribution in [3.63, 3.8) is 0 Å². The second-order valence-corrected chi connectivity index (χ2v) is 6.86. The first-order chi connectivity index (χ1) is 11.1. The van der Waals surface area contributed by atoms with Gasteiger partial charge in [0, 0.05) is 20.1 Å². The molecule has 0 amide bonds. The van der Waals surface area contributed by atoms with Crippen LogP contribution in [0.4, 0.5) is 0 Å². The second kappa shape index (κ2) is 8.39. The van der Waals surface area contributed by atoms with E-state index in [1.807, 2.05) is 19.2 Å². The molecule has 1 aliphatic rings. The molecule has 1 aromatic heterocycles. The van der Waals surface area contributed by atoms with Crippen molar-refractivity contribution in [2.45, 2.75) is 45.1 Å². The van der Waals surface area contributed by atoms with Gasteiger partial charge in [-0.05, 0) is 50.9 Å². The Morgan fingerprint density at radius 2 is 2.09 bits per heavy atom. The molecule has 0 saturated heterocycles. The second-order valence-electron chi connectivity index (χ2n) is 6.86. The number of likely N-dealkylation sites (N-methyl/N-ethyl adjacent to an activating group) is 1. The minimum absolute atomic E-state index is 0.190. The van der Waals surface area contributed by atoms with E-state index in [0.717, 1.165) is 24.8 Å². The zero-order valence-electron chi connectivity index (χ0n) is 15.1. The predicted molar refractivity (Wildman–Crippen MR) is 95.7 cm³/mol. The molecule has 1 atom stereocenters. The van der Waals surface area contributed by atoms with Crippen molar-refractivity contribution in [3.05, 3.63) is 24.2 Å². The largest absolute Gasteiger partial charge is 0.468 e. The Morgan fingerprint density at radius 3 is 2.61 bits per heavy atom.